The molecule has 402 valence electrons. The van der Waals surface area contributed by atoms with Crippen molar-refractivity contribution in [1.82, 2.24) is 0 Å². The van der Waals surface area contributed by atoms with Crippen molar-refractivity contribution in [3.05, 3.63) is 12.2 Å². The lowest BCUT2D eigenvalue weighted by Gasteiger charge is -2.18. The molecule has 0 heterocycles. The monoisotopic (exact) mass is 959 g/mol. The average molecular weight is 960 g/mol. The molecule has 0 radical (unpaired) electrons. The smallest absolute Gasteiger partial charge is 0.306 e. The first-order valence-electron chi connectivity index (χ1n) is 30.7. The number of hydrogen-bond donors (Lipinski definition) is 0. The van der Waals surface area contributed by atoms with Crippen LogP contribution in [0.5, 0.6) is 0 Å². The number of unbranched alkanes of at least 4 members (excludes halogenated alkanes) is 44. The third kappa shape index (κ3) is 55.1. The first-order chi connectivity index (χ1) is 33.5. The Morgan fingerprint density at radius 2 is 0.485 bits per heavy atom. The minimum Gasteiger partial charge on any atom is -0.462 e. The molecule has 0 aromatic rings. The van der Waals surface area contributed by atoms with Gasteiger partial charge in [-0.25, -0.2) is 0 Å². The van der Waals surface area contributed by atoms with E-state index in [4.69, 9.17) is 14.2 Å². The highest BCUT2D eigenvalue weighted by molar-refractivity contribution is 5.71. The standard InChI is InChI=1S/C62H118O6/c1-4-7-10-13-16-19-21-23-25-27-29-31-33-34-36-38-40-43-46-49-52-55-61(64)67-58-59(57-66-60(63)54-51-48-45-42-18-15-12-9-6-3)68-62(65)56-53-50-47-44-41-39-37-35-32-30-28-26-24-22-20-17-14-11-8-5-2/h27,29,59H,4-26,28,30-58H2,1-3H3/b29-27-. The zero-order chi connectivity index (χ0) is 49.3. The van der Waals surface area contributed by atoms with Crippen molar-refractivity contribution in [2.75, 3.05) is 13.2 Å². The molecule has 0 spiro atoms. The third-order valence-electron chi connectivity index (χ3n) is 14.0. The Morgan fingerprint density at radius 3 is 0.735 bits per heavy atom. The lowest BCUT2D eigenvalue weighted by atomic mass is 10.0. The molecule has 6 nitrogen and oxygen atoms in total. The molecular weight excluding hydrogens is 841 g/mol. The molecule has 0 saturated heterocycles. The van der Waals surface area contributed by atoms with Gasteiger partial charge in [-0.3, -0.25) is 14.4 Å². The van der Waals surface area contributed by atoms with E-state index in [9.17, 15) is 14.4 Å². The van der Waals surface area contributed by atoms with Crippen LogP contribution in [0.1, 0.15) is 348 Å². The zero-order valence-corrected chi connectivity index (χ0v) is 46.2. The van der Waals surface area contributed by atoms with Crippen molar-refractivity contribution in [2.45, 2.75) is 354 Å². The lowest BCUT2D eigenvalue weighted by Crippen LogP contribution is -2.30. The third-order valence-corrected chi connectivity index (χ3v) is 14.0. The Labute approximate surface area is 424 Å². The molecule has 0 bridgehead atoms. The van der Waals surface area contributed by atoms with Gasteiger partial charge in [0.1, 0.15) is 13.2 Å². The van der Waals surface area contributed by atoms with Gasteiger partial charge in [0.2, 0.25) is 0 Å². The molecule has 0 fully saturated rings. The van der Waals surface area contributed by atoms with Crippen molar-refractivity contribution in [2.24, 2.45) is 0 Å². The van der Waals surface area contributed by atoms with Crippen LogP contribution in [0.2, 0.25) is 0 Å². The van der Waals surface area contributed by atoms with Crippen molar-refractivity contribution in [3.63, 3.8) is 0 Å². The van der Waals surface area contributed by atoms with Crippen LogP contribution in [0.25, 0.3) is 0 Å². The van der Waals surface area contributed by atoms with Gasteiger partial charge < -0.3 is 14.2 Å². The van der Waals surface area contributed by atoms with E-state index >= 15 is 0 Å². The van der Waals surface area contributed by atoms with Crippen LogP contribution < -0.4 is 0 Å². The number of esters is 3. The molecule has 0 amide bonds. The van der Waals surface area contributed by atoms with Gasteiger partial charge in [-0.15, -0.1) is 0 Å². The normalized spacial score (nSPS) is 12.0. The highest BCUT2D eigenvalue weighted by Gasteiger charge is 2.19. The van der Waals surface area contributed by atoms with Gasteiger partial charge in [0.05, 0.1) is 0 Å². The van der Waals surface area contributed by atoms with E-state index in [2.05, 4.69) is 32.9 Å². The summed E-state index contributed by atoms with van der Waals surface area (Å²) in [5.41, 5.74) is 0. The molecule has 0 N–H and O–H groups in total. The summed E-state index contributed by atoms with van der Waals surface area (Å²) in [6, 6.07) is 0. The Kier molecular flexibility index (Phi) is 56.2. The summed E-state index contributed by atoms with van der Waals surface area (Å²) in [6.07, 6.45) is 66.5. The maximum Gasteiger partial charge on any atom is 0.306 e. The Balaban J connectivity index is 4.18. The summed E-state index contributed by atoms with van der Waals surface area (Å²) in [7, 11) is 0. The van der Waals surface area contributed by atoms with Gasteiger partial charge in [-0.05, 0) is 44.9 Å². The van der Waals surface area contributed by atoms with Gasteiger partial charge in [-0.2, -0.15) is 0 Å². The number of carbonyl (C=O) groups excluding carboxylic acids is 3. The molecule has 0 rings (SSSR count). The molecule has 0 aromatic carbocycles. The Hall–Kier alpha value is -1.85. The van der Waals surface area contributed by atoms with E-state index in [0.29, 0.717) is 19.3 Å². The molecule has 0 aromatic heterocycles. The van der Waals surface area contributed by atoms with E-state index in [1.165, 1.54) is 250 Å². The second-order valence-electron chi connectivity index (χ2n) is 21.0. The maximum atomic E-state index is 12.9. The number of carbonyl (C=O) groups is 3. The highest BCUT2D eigenvalue weighted by Crippen LogP contribution is 2.18. The van der Waals surface area contributed by atoms with E-state index in [1.807, 2.05) is 0 Å². The predicted molar refractivity (Wildman–Crippen MR) is 293 cm³/mol. The van der Waals surface area contributed by atoms with Crippen molar-refractivity contribution >= 4 is 17.9 Å². The molecule has 1 atom stereocenters. The first kappa shape index (κ1) is 66.2. The largest absolute Gasteiger partial charge is 0.462 e. The van der Waals surface area contributed by atoms with Crippen LogP contribution in [-0.2, 0) is 28.6 Å². The number of rotatable bonds is 57. The minimum atomic E-state index is -0.764. The zero-order valence-electron chi connectivity index (χ0n) is 46.2. The number of ether oxygens (including phenoxy) is 3. The van der Waals surface area contributed by atoms with Gasteiger partial charge in [0.25, 0.3) is 0 Å². The second kappa shape index (κ2) is 57.7. The summed E-state index contributed by atoms with van der Waals surface area (Å²) in [5.74, 6) is -0.844. The van der Waals surface area contributed by atoms with E-state index in [1.54, 1.807) is 0 Å². The van der Waals surface area contributed by atoms with E-state index in [-0.39, 0.29) is 31.1 Å². The van der Waals surface area contributed by atoms with Crippen LogP contribution in [0.15, 0.2) is 12.2 Å². The van der Waals surface area contributed by atoms with Crippen LogP contribution in [-0.4, -0.2) is 37.2 Å². The fraction of sp³-hybridized carbons (Fsp3) is 0.919. The topological polar surface area (TPSA) is 78.9 Å². The fourth-order valence-electron chi connectivity index (χ4n) is 9.38. The minimum absolute atomic E-state index is 0.0649. The predicted octanol–water partition coefficient (Wildman–Crippen LogP) is 20.5. The summed E-state index contributed by atoms with van der Waals surface area (Å²) >= 11 is 0. The summed E-state index contributed by atoms with van der Waals surface area (Å²) in [4.78, 5) is 38.1. The van der Waals surface area contributed by atoms with Crippen LogP contribution in [0.3, 0.4) is 0 Å². The maximum absolute atomic E-state index is 12.9. The van der Waals surface area contributed by atoms with Gasteiger partial charge in [-0.1, -0.05) is 296 Å². The highest BCUT2D eigenvalue weighted by atomic mass is 16.6. The second-order valence-corrected chi connectivity index (χ2v) is 21.0. The Morgan fingerprint density at radius 1 is 0.279 bits per heavy atom. The van der Waals surface area contributed by atoms with Crippen molar-refractivity contribution in [1.29, 1.82) is 0 Å². The van der Waals surface area contributed by atoms with E-state index in [0.717, 1.165) is 57.8 Å². The quantitative estimate of drug-likeness (QED) is 0.0262. The number of allylic oxidation sites excluding steroid dienone is 2. The summed E-state index contributed by atoms with van der Waals surface area (Å²) in [5, 5.41) is 0. The molecule has 6 heteroatoms. The summed E-state index contributed by atoms with van der Waals surface area (Å²) < 4.78 is 16.9. The van der Waals surface area contributed by atoms with Crippen molar-refractivity contribution in [3.8, 4) is 0 Å². The molecule has 0 aliphatic carbocycles. The van der Waals surface area contributed by atoms with Gasteiger partial charge in [0, 0.05) is 19.3 Å². The molecule has 0 aliphatic rings. The van der Waals surface area contributed by atoms with Crippen LogP contribution in [0.4, 0.5) is 0 Å². The SMILES string of the molecule is CCCCCCCCCC/C=C\CCCCCCCCCCCC(=O)OCC(COC(=O)CCCCCCCCCCC)OC(=O)CCCCCCCCCCCCCCCCCCCCCC. The van der Waals surface area contributed by atoms with Gasteiger partial charge >= 0.3 is 17.9 Å². The Bertz CT molecular complexity index is 1060. The first-order valence-corrected chi connectivity index (χ1v) is 30.7. The molecule has 0 aliphatic heterocycles. The number of hydrogen-bond acceptors (Lipinski definition) is 6. The molecule has 68 heavy (non-hydrogen) atoms. The lowest BCUT2D eigenvalue weighted by molar-refractivity contribution is -0.167. The van der Waals surface area contributed by atoms with Crippen LogP contribution in [0, 0.1) is 0 Å². The molecule has 0 saturated carbocycles. The molecule has 1 unspecified atom stereocenters. The fourth-order valence-corrected chi connectivity index (χ4v) is 9.38. The average Bonchev–Trinajstić information content (AvgIpc) is 3.34. The summed E-state index contributed by atoms with van der Waals surface area (Å²) in [6.45, 7) is 6.68. The van der Waals surface area contributed by atoms with Gasteiger partial charge in [0.15, 0.2) is 6.10 Å². The van der Waals surface area contributed by atoms with Crippen molar-refractivity contribution < 1.29 is 28.6 Å². The van der Waals surface area contributed by atoms with Crippen LogP contribution >= 0.6 is 0 Å². The molecular formula is C62H118O6. The van der Waals surface area contributed by atoms with E-state index < -0.39 is 6.10 Å².